The van der Waals surface area contributed by atoms with Crippen LogP contribution in [-0.4, -0.2) is 37.3 Å². The number of aryl methyl sites for hydroxylation is 1. The van der Waals surface area contributed by atoms with Crippen LogP contribution in [0.3, 0.4) is 0 Å². The van der Waals surface area contributed by atoms with Gasteiger partial charge in [-0.15, -0.1) is 0 Å². The zero-order valence-electron chi connectivity index (χ0n) is 12.0. The number of aromatic nitrogens is 1. The lowest BCUT2D eigenvalue weighted by Gasteiger charge is -2.42. The van der Waals surface area contributed by atoms with E-state index in [1.807, 2.05) is 11.3 Å². The molecular formula is C14H23N3OS. The highest BCUT2D eigenvalue weighted by Crippen LogP contribution is 2.39. The zero-order valence-corrected chi connectivity index (χ0v) is 12.8. The van der Waals surface area contributed by atoms with Crippen molar-refractivity contribution in [2.24, 2.45) is 0 Å². The first-order valence-corrected chi connectivity index (χ1v) is 7.96. The SMILES string of the molecule is CNC1CCCc2nc(N3CCOCC3(C)C)sc21. The summed E-state index contributed by atoms with van der Waals surface area (Å²) in [5.41, 5.74) is 1.36. The number of hydrogen-bond donors (Lipinski definition) is 1. The normalized spacial score (nSPS) is 26.3. The molecule has 1 fully saturated rings. The van der Waals surface area contributed by atoms with Gasteiger partial charge in [0.2, 0.25) is 0 Å². The monoisotopic (exact) mass is 281 g/mol. The summed E-state index contributed by atoms with van der Waals surface area (Å²) in [4.78, 5) is 8.79. The minimum absolute atomic E-state index is 0.0494. The van der Waals surface area contributed by atoms with E-state index >= 15 is 0 Å². The van der Waals surface area contributed by atoms with Crippen LogP contribution < -0.4 is 10.2 Å². The molecule has 0 radical (unpaired) electrons. The van der Waals surface area contributed by atoms with Gasteiger partial charge >= 0.3 is 0 Å². The summed E-state index contributed by atoms with van der Waals surface area (Å²) < 4.78 is 5.60. The molecule has 2 aliphatic rings. The van der Waals surface area contributed by atoms with Crippen LogP contribution in [0, 0.1) is 0 Å². The Kier molecular flexibility index (Phi) is 3.53. The van der Waals surface area contributed by atoms with Crippen LogP contribution in [0.25, 0.3) is 0 Å². The van der Waals surface area contributed by atoms with E-state index in [0.29, 0.717) is 6.04 Å². The Bertz CT molecular complexity index is 458. The molecule has 106 valence electrons. The first-order valence-electron chi connectivity index (χ1n) is 7.14. The summed E-state index contributed by atoms with van der Waals surface area (Å²) in [5, 5.41) is 4.61. The van der Waals surface area contributed by atoms with E-state index in [0.717, 1.165) is 26.2 Å². The summed E-state index contributed by atoms with van der Waals surface area (Å²) in [7, 11) is 2.05. The van der Waals surface area contributed by atoms with Crippen molar-refractivity contribution in [1.29, 1.82) is 0 Å². The lowest BCUT2D eigenvalue weighted by molar-refractivity contribution is 0.0643. The molecule has 1 aromatic rings. The average molecular weight is 281 g/mol. The number of nitrogens with one attached hydrogen (secondary N) is 1. The highest BCUT2D eigenvalue weighted by Gasteiger charge is 2.34. The van der Waals surface area contributed by atoms with Crippen molar-refractivity contribution in [2.45, 2.75) is 44.7 Å². The molecule has 5 heteroatoms. The fourth-order valence-corrected chi connectivity index (χ4v) is 4.46. The second-order valence-corrected chi connectivity index (χ2v) is 7.07. The van der Waals surface area contributed by atoms with Crippen LogP contribution in [0.4, 0.5) is 5.13 Å². The van der Waals surface area contributed by atoms with Gasteiger partial charge in [0, 0.05) is 17.5 Å². The Morgan fingerprint density at radius 2 is 2.32 bits per heavy atom. The van der Waals surface area contributed by atoms with Crippen molar-refractivity contribution in [1.82, 2.24) is 10.3 Å². The zero-order chi connectivity index (χ0) is 13.5. The van der Waals surface area contributed by atoms with Gasteiger partial charge in [0.15, 0.2) is 5.13 Å². The third kappa shape index (κ3) is 2.39. The third-order valence-electron chi connectivity index (χ3n) is 4.16. The minimum Gasteiger partial charge on any atom is -0.377 e. The molecule has 19 heavy (non-hydrogen) atoms. The highest BCUT2D eigenvalue weighted by molar-refractivity contribution is 7.15. The minimum atomic E-state index is 0.0494. The first kappa shape index (κ1) is 13.3. The van der Waals surface area contributed by atoms with E-state index in [1.165, 1.54) is 28.5 Å². The molecule has 3 rings (SSSR count). The van der Waals surface area contributed by atoms with Crippen molar-refractivity contribution in [3.63, 3.8) is 0 Å². The van der Waals surface area contributed by atoms with Crippen molar-refractivity contribution in [3.05, 3.63) is 10.6 Å². The molecule has 0 bridgehead atoms. The average Bonchev–Trinajstić information content (AvgIpc) is 2.81. The van der Waals surface area contributed by atoms with E-state index in [1.54, 1.807) is 0 Å². The second kappa shape index (κ2) is 5.04. The molecule has 4 nitrogen and oxygen atoms in total. The Morgan fingerprint density at radius 3 is 3.05 bits per heavy atom. The van der Waals surface area contributed by atoms with Gasteiger partial charge in [0.25, 0.3) is 0 Å². The van der Waals surface area contributed by atoms with Gasteiger partial charge in [0.1, 0.15) is 0 Å². The molecule has 0 aromatic carbocycles. The standard InChI is InChI=1S/C14H23N3OS/c1-14(2)9-18-8-7-17(14)13-16-11-6-4-5-10(15-3)12(11)19-13/h10,15H,4-9H2,1-3H3. The molecule has 0 spiro atoms. The maximum Gasteiger partial charge on any atom is 0.186 e. The van der Waals surface area contributed by atoms with E-state index in [2.05, 4.69) is 31.1 Å². The van der Waals surface area contributed by atoms with Crippen LogP contribution in [0.2, 0.25) is 0 Å². The van der Waals surface area contributed by atoms with Crippen molar-refractivity contribution in [3.8, 4) is 0 Å². The lowest BCUT2D eigenvalue weighted by Crippen LogP contribution is -2.53. The van der Waals surface area contributed by atoms with Gasteiger partial charge < -0.3 is 15.0 Å². The number of ether oxygens (including phenoxy) is 1. The summed E-state index contributed by atoms with van der Waals surface area (Å²) in [5.74, 6) is 0. The van der Waals surface area contributed by atoms with Crippen LogP contribution in [-0.2, 0) is 11.2 Å². The van der Waals surface area contributed by atoms with Gasteiger partial charge in [-0.25, -0.2) is 4.98 Å². The predicted molar refractivity (Wildman–Crippen MR) is 79.1 cm³/mol. The molecule has 1 saturated heterocycles. The quantitative estimate of drug-likeness (QED) is 0.903. The molecule has 1 unspecified atom stereocenters. The molecular weight excluding hydrogens is 258 g/mol. The fraction of sp³-hybridized carbons (Fsp3) is 0.786. The van der Waals surface area contributed by atoms with E-state index < -0.39 is 0 Å². The summed E-state index contributed by atoms with van der Waals surface area (Å²) in [6.45, 7) is 7.02. The molecule has 0 saturated carbocycles. The number of nitrogens with zero attached hydrogens (tertiary/aromatic N) is 2. The fourth-order valence-electron chi connectivity index (χ4n) is 3.01. The van der Waals surface area contributed by atoms with E-state index in [9.17, 15) is 0 Å². The summed E-state index contributed by atoms with van der Waals surface area (Å²) in [6, 6.07) is 0.499. The number of hydrogen-bond acceptors (Lipinski definition) is 5. The number of fused-ring (bicyclic) bond motifs is 1. The molecule has 1 N–H and O–H groups in total. The third-order valence-corrected chi connectivity index (χ3v) is 5.40. The predicted octanol–water partition coefficient (Wildman–Crippen LogP) is 2.36. The number of rotatable bonds is 2. The van der Waals surface area contributed by atoms with Crippen LogP contribution in [0.1, 0.15) is 43.3 Å². The van der Waals surface area contributed by atoms with Gasteiger partial charge in [-0.05, 0) is 40.2 Å². The van der Waals surface area contributed by atoms with E-state index in [4.69, 9.17) is 9.72 Å². The maximum absolute atomic E-state index is 5.60. The van der Waals surface area contributed by atoms with E-state index in [-0.39, 0.29) is 5.54 Å². The Labute approximate surface area is 119 Å². The molecule has 1 aromatic heterocycles. The largest absolute Gasteiger partial charge is 0.377 e. The van der Waals surface area contributed by atoms with Crippen LogP contribution in [0.15, 0.2) is 0 Å². The summed E-state index contributed by atoms with van der Waals surface area (Å²) >= 11 is 1.87. The van der Waals surface area contributed by atoms with Gasteiger partial charge in [-0.1, -0.05) is 11.3 Å². The summed E-state index contributed by atoms with van der Waals surface area (Å²) in [6.07, 6.45) is 3.61. The van der Waals surface area contributed by atoms with Gasteiger partial charge in [-0.3, -0.25) is 0 Å². The number of anilines is 1. The van der Waals surface area contributed by atoms with Crippen molar-refractivity contribution < 1.29 is 4.74 Å². The van der Waals surface area contributed by atoms with Crippen molar-refractivity contribution >= 4 is 16.5 Å². The smallest absolute Gasteiger partial charge is 0.186 e. The topological polar surface area (TPSA) is 37.4 Å². The second-order valence-electron chi connectivity index (χ2n) is 6.06. The van der Waals surface area contributed by atoms with Gasteiger partial charge in [-0.2, -0.15) is 0 Å². The van der Waals surface area contributed by atoms with Crippen LogP contribution >= 0.6 is 11.3 Å². The van der Waals surface area contributed by atoms with Gasteiger partial charge in [0.05, 0.1) is 24.4 Å². The molecule has 0 amide bonds. The number of thiazole rings is 1. The molecule has 1 aliphatic carbocycles. The van der Waals surface area contributed by atoms with Crippen molar-refractivity contribution in [2.75, 3.05) is 31.7 Å². The Balaban J connectivity index is 1.91. The molecule has 1 aliphatic heterocycles. The first-order chi connectivity index (χ1) is 9.12. The molecule has 2 heterocycles. The Hall–Kier alpha value is -0.650. The number of morpholine rings is 1. The lowest BCUT2D eigenvalue weighted by atomic mass is 9.98. The van der Waals surface area contributed by atoms with Crippen LogP contribution in [0.5, 0.6) is 0 Å². The molecule has 1 atom stereocenters. The maximum atomic E-state index is 5.60. The Morgan fingerprint density at radius 1 is 1.47 bits per heavy atom. The highest BCUT2D eigenvalue weighted by atomic mass is 32.1.